The number of hydrogen-bond acceptors (Lipinski definition) is 4. The molecule has 17 heavy (non-hydrogen) atoms. The number of carbonyl (C=O) groups excluding carboxylic acids is 1. The Morgan fingerprint density at radius 3 is 2.88 bits per heavy atom. The van der Waals surface area contributed by atoms with Crippen LogP contribution in [0.3, 0.4) is 0 Å². The predicted molar refractivity (Wildman–Crippen MR) is 74.8 cm³/mol. The number of ether oxygens (including phenoxy) is 1. The highest BCUT2D eigenvalue weighted by Gasteiger charge is 2.20. The zero-order valence-corrected chi connectivity index (χ0v) is 12.8. The lowest BCUT2D eigenvalue weighted by Gasteiger charge is -2.25. The van der Waals surface area contributed by atoms with E-state index in [0.717, 1.165) is 6.42 Å². The fourth-order valence-electron chi connectivity index (χ4n) is 1.51. The van der Waals surface area contributed by atoms with Crippen LogP contribution < -0.4 is 0 Å². The fraction of sp³-hybridized carbons (Fsp3) is 0.583. The van der Waals surface area contributed by atoms with Gasteiger partial charge in [-0.3, -0.25) is 4.79 Å². The number of rotatable bonds is 6. The van der Waals surface area contributed by atoms with Crippen molar-refractivity contribution in [2.45, 2.75) is 24.2 Å². The number of alkyl halides is 1. The van der Waals surface area contributed by atoms with Crippen molar-refractivity contribution in [1.29, 1.82) is 0 Å². The first-order chi connectivity index (χ1) is 8.04. The number of likely N-dealkylation sites (N-methyl/N-ethyl adjacent to an activating group) is 1. The molecule has 96 valence electrons. The van der Waals surface area contributed by atoms with Gasteiger partial charge in [-0.05, 0) is 31.8 Å². The fourth-order valence-corrected chi connectivity index (χ4v) is 2.98. The summed E-state index contributed by atoms with van der Waals surface area (Å²) in [6, 6.07) is 4.61. The van der Waals surface area contributed by atoms with Crippen molar-refractivity contribution in [2.75, 3.05) is 20.7 Å². The third-order valence-corrected chi connectivity index (χ3v) is 4.30. The minimum atomic E-state index is -0.261. The SMILES string of the molecule is COC(=O)C(Br)CN(C)C(C)Cc1cccs1. The summed E-state index contributed by atoms with van der Waals surface area (Å²) in [5, 5.41) is 2.09. The van der Waals surface area contributed by atoms with Crippen molar-refractivity contribution in [1.82, 2.24) is 4.90 Å². The molecule has 0 radical (unpaired) electrons. The smallest absolute Gasteiger partial charge is 0.320 e. The average molecular weight is 320 g/mol. The first kappa shape index (κ1) is 14.7. The Labute approximate surface area is 115 Å². The highest BCUT2D eigenvalue weighted by molar-refractivity contribution is 9.10. The summed E-state index contributed by atoms with van der Waals surface area (Å²) in [6.07, 6.45) is 1.01. The third kappa shape index (κ3) is 4.77. The number of nitrogens with zero attached hydrogens (tertiary/aromatic N) is 1. The second kappa shape index (κ2) is 7.13. The van der Waals surface area contributed by atoms with E-state index in [2.05, 4.69) is 50.0 Å². The molecule has 0 saturated carbocycles. The van der Waals surface area contributed by atoms with Gasteiger partial charge in [-0.15, -0.1) is 11.3 Å². The normalized spacial score (nSPS) is 14.6. The van der Waals surface area contributed by atoms with E-state index < -0.39 is 0 Å². The molecule has 0 aromatic carbocycles. The number of methoxy groups -OCH3 is 1. The molecule has 3 nitrogen and oxygen atoms in total. The van der Waals surface area contributed by atoms with E-state index in [-0.39, 0.29) is 10.8 Å². The maximum absolute atomic E-state index is 11.3. The number of carbonyl (C=O) groups is 1. The van der Waals surface area contributed by atoms with Crippen LogP contribution in [-0.4, -0.2) is 42.4 Å². The van der Waals surface area contributed by atoms with Gasteiger partial charge in [0.25, 0.3) is 0 Å². The number of thiophene rings is 1. The molecule has 0 spiro atoms. The standard InChI is InChI=1S/C12H18BrNO2S/c1-9(7-10-5-4-6-17-10)14(2)8-11(13)12(15)16-3/h4-6,9,11H,7-8H2,1-3H3. The average Bonchev–Trinajstić information content (AvgIpc) is 2.80. The summed E-state index contributed by atoms with van der Waals surface area (Å²) in [7, 11) is 3.43. The van der Waals surface area contributed by atoms with Gasteiger partial charge in [0, 0.05) is 17.5 Å². The molecule has 0 amide bonds. The molecule has 1 aromatic heterocycles. The van der Waals surface area contributed by atoms with Crippen LogP contribution in [-0.2, 0) is 16.0 Å². The molecule has 1 rings (SSSR count). The molecule has 0 aliphatic rings. The number of hydrogen-bond donors (Lipinski definition) is 0. The molecule has 0 fully saturated rings. The van der Waals surface area contributed by atoms with Crippen LogP contribution >= 0.6 is 27.3 Å². The van der Waals surface area contributed by atoms with Crippen molar-refractivity contribution in [3.05, 3.63) is 22.4 Å². The molecule has 1 aromatic rings. The summed E-state index contributed by atoms with van der Waals surface area (Å²) < 4.78 is 4.69. The molecule has 2 atom stereocenters. The van der Waals surface area contributed by atoms with Gasteiger partial charge in [-0.1, -0.05) is 22.0 Å². The van der Waals surface area contributed by atoms with Crippen LogP contribution in [0.4, 0.5) is 0 Å². The van der Waals surface area contributed by atoms with E-state index in [1.807, 2.05) is 7.05 Å². The Morgan fingerprint density at radius 1 is 1.65 bits per heavy atom. The van der Waals surface area contributed by atoms with Crippen molar-refractivity contribution in [3.63, 3.8) is 0 Å². The Hall–Kier alpha value is -0.390. The van der Waals surface area contributed by atoms with E-state index in [1.165, 1.54) is 12.0 Å². The van der Waals surface area contributed by atoms with Gasteiger partial charge in [0.15, 0.2) is 0 Å². The summed E-state index contributed by atoms with van der Waals surface area (Å²) >= 11 is 5.11. The highest BCUT2D eigenvalue weighted by Crippen LogP contribution is 2.14. The molecule has 5 heteroatoms. The van der Waals surface area contributed by atoms with Crippen molar-refractivity contribution in [3.8, 4) is 0 Å². The minimum absolute atomic E-state index is 0.222. The maximum Gasteiger partial charge on any atom is 0.320 e. The predicted octanol–water partition coefficient (Wildman–Crippen LogP) is 2.55. The van der Waals surface area contributed by atoms with Crippen LogP contribution in [0.25, 0.3) is 0 Å². The molecule has 0 saturated heterocycles. The molecule has 0 bridgehead atoms. The van der Waals surface area contributed by atoms with Crippen molar-refractivity contribution in [2.24, 2.45) is 0 Å². The summed E-state index contributed by atoms with van der Waals surface area (Å²) in [5.41, 5.74) is 0. The second-order valence-electron chi connectivity index (χ2n) is 4.06. The zero-order valence-electron chi connectivity index (χ0n) is 10.4. The Balaban J connectivity index is 2.41. The third-order valence-electron chi connectivity index (χ3n) is 2.73. The van der Waals surface area contributed by atoms with E-state index >= 15 is 0 Å². The monoisotopic (exact) mass is 319 g/mol. The maximum atomic E-state index is 11.3. The van der Waals surface area contributed by atoms with E-state index in [9.17, 15) is 4.79 Å². The number of halogens is 1. The van der Waals surface area contributed by atoms with Gasteiger partial charge in [-0.25, -0.2) is 0 Å². The first-order valence-corrected chi connectivity index (χ1v) is 7.28. The van der Waals surface area contributed by atoms with Crippen molar-refractivity contribution < 1.29 is 9.53 Å². The van der Waals surface area contributed by atoms with Crippen LogP contribution in [0.2, 0.25) is 0 Å². The van der Waals surface area contributed by atoms with Gasteiger partial charge < -0.3 is 9.64 Å². The van der Waals surface area contributed by atoms with E-state index in [0.29, 0.717) is 12.6 Å². The quantitative estimate of drug-likeness (QED) is 0.596. The lowest BCUT2D eigenvalue weighted by molar-refractivity contribution is -0.140. The van der Waals surface area contributed by atoms with Gasteiger partial charge in [-0.2, -0.15) is 0 Å². The van der Waals surface area contributed by atoms with E-state index in [4.69, 9.17) is 0 Å². The van der Waals surface area contributed by atoms with Crippen molar-refractivity contribution >= 4 is 33.2 Å². The van der Waals surface area contributed by atoms with Gasteiger partial charge in [0.2, 0.25) is 0 Å². The lowest BCUT2D eigenvalue weighted by atomic mass is 10.2. The molecular formula is C12H18BrNO2S. The first-order valence-electron chi connectivity index (χ1n) is 5.49. The lowest BCUT2D eigenvalue weighted by Crippen LogP contribution is -2.38. The Kier molecular flexibility index (Phi) is 6.16. The summed E-state index contributed by atoms with van der Waals surface area (Å²) in [6.45, 7) is 2.82. The van der Waals surface area contributed by atoms with Gasteiger partial charge >= 0.3 is 5.97 Å². The van der Waals surface area contributed by atoms with Crippen LogP contribution in [0.15, 0.2) is 17.5 Å². The molecule has 0 N–H and O–H groups in total. The van der Waals surface area contributed by atoms with E-state index in [1.54, 1.807) is 11.3 Å². The summed E-state index contributed by atoms with van der Waals surface area (Å²) in [5.74, 6) is -0.222. The second-order valence-corrected chi connectivity index (χ2v) is 6.20. The zero-order chi connectivity index (χ0) is 12.8. The summed E-state index contributed by atoms with van der Waals surface area (Å²) in [4.78, 5) is 14.6. The Morgan fingerprint density at radius 2 is 2.35 bits per heavy atom. The molecular weight excluding hydrogens is 302 g/mol. The molecule has 1 heterocycles. The molecule has 0 aliphatic heterocycles. The highest BCUT2D eigenvalue weighted by atomic mass is 79.9. The molecule has 2 unspecified atom stereocenters. The van der Waals surface area contributed by atoms with Crippen LogP contribution in [0.1, 0.15) is 11.8 Å². The van der Waals surface area contributed by atoms with Crippen LogP contribution in [0, 0.1) is 0 Å². The molecule has 0 aliphatic carbocycles. The Bertz CT molecular complexity index is 342. The number of esters is 1. The minimum Gasteiger partial charge on any atom is -0.468 e. The van der Waals surface area contributed by atoms with Gasteiger partial charge in [0.05, 0.1) is 7.11 Å². The van der Waals surface area contributed by atoms with Gasteiger partial charge in [0.1, 0.15) is 4.83 Å². The topological polar surface area (TPSA) is 29.5 Å². The van der Waals surface area contributed by atoms with Crippen LogP contribution in [0.5, 0.6) is 0 Å². The largest absolute Gasteiger partial charge is 0.468 e.